The third-order valence-electron chi connectivity index (χ3n) is 5.51. The Balaban J connectivity index is 1.36. The van der Waals surface area contributed by atoms with Gasteiger partial charge in [0.2, 0.25) is 11.9 Å². The quantitative estimate of drug-likeness (QED) is 0.504. The Kier molecular flexibility index (Phi) is 5.25. The summed E-state index contributed by atoms with van der Waals surface area (Å²) in [6, 6.07) is 9.08. The van der Waals surface area contributed by atoms with Gasteiger partial charge in [0.15, 0.2) is 0 Å². The predicted molar refractivity (Wildman–Crippen MR) is 118 cm³/mol. The molecule has 166 valence electrons. The Morgan fingerprint density at radius 2 is 1.94 bits per heavy atom. The van der Waals surface area contributed by atoms with Crippen LogP contribution in [0.4, 0.5) is 26.4 Å². The van der Waals surface area contributed by atoms with E-state index in [1.54, 1.807) is 29.3 Å². The molecule has 8 nitrogen and oxygen atoms in total. The molecule has 3 aromatic heterocycles. The van der Waals surface area contributed by atoms with Gasteiger partial charge in [0.05, 0.1) is 18.3 Å². The Morgan fingerprint density at radius 3 is 2.70 bits per heavy atom. The number of aryl methyl sites for hydroxylation is 1. The van der Waals surface area contributed by atoms with E-state index in [0.29, 0.717) is 30.4 Å². The van der Waals surface area contributed by atoms with Crippen LogP contribution in [0.25, 0.3) is 11.3 Å². The van der Waals surface area contributed by atoms with Crippen molar-refractivity contribution in [3.05, 3.63) is 77.8 Å². The molecular formula is C23H19F2N7O. The minimum absolute atomic E-state index is 0.234. The van der Waals surface area contributed by atoms with Crippen molar-refractivity contribution in [3.8, 4) is 11.3 Å². The average molecular weight is 447 g/mol. The molecule has 0 saturated heterocycles. The van der Waals surface area contributed by atoms with E-state index in [1.807, 2.05) is 19.2 Å². The zero-order valence-electron chi connectivity index (χ0n) is 17.7. The molecule has 0 atom stereocenters. The van der Waals surface area contributed by atoms with Crippen LogP contribution in [0.3, 0.4) is 0 Å². The number of anilines is 3. The minimum Gasteiger partial charge on any atom is -0.309 e. The summed E-state index contributed by atoms with van der Waals surface area (Å²) in [7, 11) is 1.81. The number of pyridine rings is 1. The first kappa shape index (κ1) is 20.7. The molecule has 1 N–H and O–H groups in total. The van der Waals surface area contributed by atoms with Crippen molar-refractivity contribution in [1.82, 2.24) is 24.7 Å². The highest BCUT2D eigenvalue weighted by Crippen LogP contribution is 2.30. The Hall–Kier alpha value is -4.21. The van der Waals surface area contributed by atoms with Crippen LogP contribution in [0.15, 0.2) is 55.0 Å². The molecule has 1 aliphatic heterocycles. The molecule has 4 heterocycles. The fraction of sp³-hybridized carbons (Fsp3) is 0.174. The van der Waals surface area contributed by atoms with Crippen LogP contribution in [0.2, 0.25) is 0 Å². The van der Waals surface area contributed by atoms with Gasteiger partial charge in [0, 0.05) is 43.2 Å². The third kappa shape index (κ3) is 4.02. The largest absolute Gasteiger partial charge is 0.309 e. The summed E-state index contributed by atoms with van der Waals surface area (Å²) in [5.41, 5.74) is 2.08. The zero-order chi connectivity index (χ0) is 22.9. The van der Waals surface area contributed by atoms with Crippen LogP contribution in [-0.2, 0) is 24.7 Å². The molecule has 33 heavy (non-hydrogen) atoms. The SMILES string of the molecule is Cn1nccc1Nc1nccc(-c2cnc3c(c2)CCN3C(=O)Cc2c(F)cccc2F)n1. The normalized spacial score (nSPS) is 12.6. The molecule has 5 rings (SSSR count). The van der Waals surface area contributed by atoms with Gasteiger partial charge >= 0.3 is 0 Å². The summed E-state index contributed by atoms with van der Waals surface area (Å²) in [4.78, 5) is 27.5. The lowest BCUT2D eigenvalue weighted by Crippen LogP contribution is -2.31. The first-order valence-electron chi connectivity index (χ1n) is 10.3. The summed E-state index contributed by atoms with van der Waals surface area (Å²) >= 11 is 0. The van der Waals surface area contributed by atoms with Crippen molar-refractivity contribution < 1.29 is 13.6 Å². The van der Waals surface area contributed by atoms with Gasteiger partial charge in [-0.1, -0.05) is 6.07 Å². The number of rotatable bonds is 5. The van der Waals surface area contributed by atoms with Gasteiger partial charge in [0.1, 0.15) is 23.3 Å². The summed E-state index contributed by atoms with van der Waals surface area (Å²) in [6.45, 7) is 0.401. The standard InChI is InChI=1S/C23H19F2N7O/c1-31-20(6-9-28-31)30-23-26-8-5-19(29-23)15-11-14-7-10-32(22(14)27-13-15)21(33)12-16-17(24)3-2-4-18(16)25/h2-6,8-9,11,13H,7,10,12H2,1H3,(H,26,29,30). The fourth-order valence-electron chi connectivity index (χ4n) is 3.79. The highest BCUT2D eigenvalue weighted by molar-refractivity contribution is 5.96. The molecule has 0 bridgehead atoms. The average Bonchev–Trinajstić information content (AvgIpc) is 3.42. The Morgan fingerprint density at radius 1 is 1.12 bits per heavy atom. The van der Waals surface area contributed by atoms with Gasteiger partial charge in [-0.3, -0.25) is 14.4 Å². The highest BCUT2D eigenvalue weighted by atomic mass is 19.1. The second kappa shape index (κ2) is 8.38. The number of nitrogens with zero attached hydrogens (tertiary/aromatic N) is 6. The maximum atomic E-state index is 14.0. The first-order chi connectivity index (χ1) is 16.0. The number of nitrogens with one attached hydrogen (secondary N) is 1. The number of hydrogen-bond donors (Lipinski definition) is 1. The molecule has 0 unspecified atom stereocenters. The summed E-state index contributed by atoms with van der Waals surface area (Å²) in [6.07, 6.45) is 5.17. The van der Waals surface area contributed by atoms with Crippen LogP contribution < -0.4 is 10.2 Å². The van der Waals surface area contributed by atoms with Crippen molar-refractivity contribution >= 4 is 23.5 Å². The topological polar surface area (TPSA) is 88.8 Å². The van der Waals surface area contributed by atoms with Gasteiger partial charge in [0.25, 0.3) is 0 Å². The van der Waals surface area contributed by atoms with E-state index in [2.05, 4.69) is 25.4 Å². The number of halogens is 2. The van der Waals surface area contributed by atoms with E-state index in [0.717, 1.165) is 29.1 Å². The molecule has 1 amide bonds. The third-order valence-corrected chi connectivity index (χ3v) is 5.51. The van der Waals surface area contributed by atoms with Crippen LogP contribution in [0.1, 0.15) is 11.1 Å². The van der Waals surface area contributed by atoms with Crippen LogP contribution in [-0.4, -0.2) is 37.2 Å². The van der Waals surface area contributed by atoms with Crippen molar-refractivity contribution in [1.29, 1.82) is 0 Å². The maximum absolute atomic E-state index is 14.0. The van der Waals surface area contributed by atoms with E-state index in [9.17, 15) is 13.6 Å². The second-order valence-corrected chi connectivity index (χ2v) is 7.61. The number of aromatic nitrogens is 5. The van der Waals surface area contributed by atoms with E-state index in [-0.39, 0.29) is 12.0 Å². The van der Waals surface area contributed by atoms with Crippen molar-refractivity contribution in [2.75, 3.05) is 16.8 Å². The minimum atomic E-state index is -0.731. The Bertz CT molecular complexity index is 1330. The molecule has 0 spiro atoms. The van der Waals surface area contributed by atoms with Crippen molar-refractivity contribution in [2.24, 2.45) is 7.05 Å². The number of carbonyl (C=O) groups is 1. The predicted octanol–water partition coefficient (Wildman–Crippen LogP) is 3.43. The molecule has 0 aliphatic carbocycles. The van der Waals surface area contributed by atoms with Gasteiger partial charge in [-0.15, -0.1) is 0 Å². The van der Waals surface area contributed by atoms with Gasteiger partial charge in [-0.2, -0.15) is 5.10 Å². The van der Waals surface area contributed by atoms with Crippen LogP contribution >= 0.6 is 0 Å². The lowest BCUT2D eigenvalue weighted by atomic mass is 10.1. The zero-order valence-corrected chi connectivity index (χ0v) is 17.7. The molecule has 0 saturated carbocycles. The van der Waals surface area contributed by atoms with Crippen molar-refractivity contribution in [2.45, 2.75) is 12.8 Å². The van der Waals surface area contributed by atoms with E-state index >= 15 is 0 Å². The van der Waals surface area contributed by atoms with Crippen molar-refractivity contribution in [3.63, 3.8) is 0 Å². The van der Waals surface area contributed by atoms with E-state index in [4.69, 9.17) is 0 Å². The molecule has 1 aliphatic rings. The lowest BCUT2D eigenvalue weighted by Gasteiger charge is -2.17. The summed E-state index contributed by atoms with van der Waals surface area (Å²) in [5.74, 6) is -0.193. The molecule has 0 radical (unpaired) electrons. The lowest BCUT2D eigenvalue weighted by molar-refractivity contribution is -0.118. The number of hydrogen-bond acceptors (Lipinski definition) is 6. The highest BCUT2D eigenvalue weighted by Gasteiger charge is 2.28. The van der Waals surface area contributed by atoms with E-state index < -0.39 is 17.5 Å². The molecule has 1 aromatic carbocycles. The summed E-state index contributed by atoms with van der Waals surface area (Å²) < 4.78 is 29.6. The van der Waals surface area contributed by atoms with Crippen LogP contribution in [0, 0.1) is 11.6 Å². The Labute approximate surface area is 187 Å². The number of amides is 1. The smallest absolute Gasteiger partial charge is 0.232 e. The number of carbonyl (C=O) groups excluding carboxylic acids is 1. The van der Waals surface area contributed by atoms with Crippen LogP contribution in [0.5, 0.6) is 0 Å². The maximum Gasteiger partial charge on any atom is 0.232 e. The van der Waals surface area contributed by atoms with Gasteiger partial charge < -0.3 is 5.32 Å². The van der Waals surface area contributed by atoms with E-state index in [1.165, 1.54) is 11.0 Å². The number of fused-ring (bicyclic) bond motifs is 1. The first-order valence-corrected chi connectivity index (χ1v) is 10.3. The number of benzene rings is 1. The summed E-state index contributed by atoms with van der Waals surface area (Å²) in [5, 5.41) is 7.22. The molecular weight excluding hydrogens is 428 g/mol. The van der Waals surface area contributed by atoms with Gasteiger partial charge in [-0.25, -0.2) is 23.7 Å². The monoisotopic (exact) mass is 447 g/mol. The molecule has 0 fully saturated rings. The second-order valence-electron chi connectivity index (χ2n) is 7.61. The molecule has 4 aromatic rings. The molecule has 10 heteroatoms. The fourth-order valence-corrected chi connectivity index (χ4v) is 3.79. The van der Waals surface area contributed by atoms with Gasteiger partial charge in [-0.05, 0) is 36.2 Å².